The molecule has 2 aromatic carbocycles. The number of imidazole rings is 1. The van der Waals surface area contributed by atoms with E-state index < -0.39 is 24.4 Å². The third-order valence-electron chi connectivity index (χ3n) is 4.99. The highest BCUT2D eigenvalue weighted by molar-refractivity contribution is 6.33. The third kappa shape index (κ3) is 7.07. The van der Waals surface area contributed by atoms with E-state index in [9.17, 15) is 23.5 Å². The van der Waals surface area contributed by atoms with Crippen molar-refractivity contribution in [1.82, 2.24) is 14.9 Å². The number of halogens is 3. The Balaban J connectivity index is 0.00000222. The quantitative estimate of drug-likeness (QED) is 0.334. The summed E-state index contributed by atoms with van der Waals surface area (Å²) in [5.41, 5.74) is 1.34. The van der Waals surface area contributed by atoms with Gasteiger partial charge in [-0.2, -0.15) is 0 Å². The summed E-state index contributed by atoms with van der Waals surface area (Å²) in [5.74, 6) is -1.25. The summed E-state index contributed by atoms with van der Waals surface area (Å²) in [6.07, 6.45) is -2.75. The SMILES string of the molecule is CC.Cn1c(Nc2cc(CNC(=O)C(C)(C)C)ccc2Cl)nc2cc(C(=O)O)c(OCC(F)F)cc21. The van der Waals surface area contributed by atoms with Gasteiger partial charge in [0, 0.05) is 25.1 Å². The third-order valence-corrected chi connectivity index (χ3v) is 5.32. The first kappa shape index (κ1) is 28.8. The average molecular weight is 525 g/mol. The van der Waals surface area contributed by atoms with Crippen LogP contribution in [-0.2, 0) is 18.4 Å². The molecule has 0 fully saturated rings. The lowest BCUT2D eigenvalue weighted by molar-refractivity contribution is -0.128. The fourth-order valence-electron chi connectivity index (χ4n) is 3.12. The number of alkyl halides is 2. The van der Waals surface area contributed by atoms with Crippen molar-refractivity contribution < 1.29 is 28.2 Å². The van der Waals surface area contributed by atoms with Crippen molar-refractivity contribution in [2.75, 3.05) is 11.9 Å². The zero-order valence-corrected chi connectivity index (χ0v) is 21.8. The second kappa shape index (κ2) is 12.0. The Bertz CT molecular complexity index is 1240. The number of aromatic carboxylic acids is 1. The topological polar surface area (TPSA) is 105 Å². The monoisotopic (exact) mass is 524 g/mol. The van der Waals surface area contributed by atoms with Gasteiger partial charge in [0.15, 0.2) is 0 Å². The number of nitrogens with zero attached hydrogens (tertiary/aromatic N) is 2. The van der Waals surface area contributed by atoms with E-state index in [0.717, 1.165) is 5.56 Å². The maximum absolute atomic E-state index is 12.6. The maximum atomic E-state index is 12.6. The van der Waals surface area contributed by atoms with Crippen LogP contribution in [0, 0.1) is 5.41 Å². The van der Waals surface area contributed by atoms with E-state index in [-0.39, 0.29) is 17.2 Å². The summed E-state index contributed by atoms with van der Waals surface area (Å²) in [5, 5.41) is 15.8. The van der Waals surface area contributed by atoms with Crippen LogP contribution in [0.2, 0.25) is 5.02 Å². The van der Waals surface area contributed by atoms with Crippen LogP contribution in [0.25, 0.3) is 11.0 Å². The van der Waals surface area contributed by atoms with E-state index >= 15 is 0 Å². The highest BCUT2D eigenvalue weighted by Crippen LogP contribution is 2.31. The number of hydrogen-bond acceptors (Lipinski definition) is 5. The number of aromatic nitrogens is 2. The minimum atomic E-state index is -2.75. The van der Waals surface area contributed by atoms with Crippen LogP contribution in [0.3, 0.4) is 0 Å². The predicted octanol–water partition coefficient (Wildman–Crippen LogP) is 6.00. The minimum Gasteiger partial charge on any atom is -0.487 e. The Labute approximate surface area is 213 Å². The van der Waals surface area contributed by atoms with E-state index in [1.54, 1.807) is 29.8 Å². The highest BCUT2D eigenvalue weighted by Gasteiger charge is 2.21. The van der Waals surface area contributed by atoms with Crippen molar-refractivity contribution in [3.05, 3.63) is 46.5 Å². The van der Waals surface area contributed by atoms with Crippen molar-refractivity contribution >= 4 is 46.1 Å². The minimum absolute atomic E-state index is 0.0913. The van der Waals surface area contributed by atoms with Crippen molar-refractivity contribution in [2.45, 2.75) is 47.6 Å². The molecule has 0 aliphatic carbocycles. The molecule has 3 rings (SSSR count). The molecule has 8 nitrogen and oxygen atoms in total. The first-order valence-corrected chi connectivity index (χ1v) is 11.7. The zero-order chi connectivity index (χ0) is 27.2. The molecule has 1 heterocycles. The van der Waals surface area contributed by atoms with Crippen molar-refractivity contribution in [1.29, 1.82) is 0 Å². The van der Waals surface area contributed by atoms with Crippen molar-refractivity contribution in [3.63, 3.8) is 0 Å². The highest BCUT2D eigenvalue weighted by atomic mass is 35.5. The molecule has 0 spiro atoms. The van der Waals surface area contributed by atoms with E-state index in [0.29, 0.717) is 34.2 Å². The number of carbonyl (C=O) groups is 2. The first-order chi connectivity index (χ1) is 16.9. The van der Waals surface area contributed by atoms with Gasteiger partial charge < -0.3 is 25.0 Å². The number of carboxylic acids is 1. The summed E-state index contributed by atoms with van der Waals surface area (Å²) in [6.45, 7) is 8.84. The summed E-state index contributed by atoms with van der Waals surface area (Å²) < 4.78 is 31.8. The molecule has 0 radical (unpaired) electrons. The summed E-state index contributed by atoms with van der Waals surface area (Å²) >= 11 is 6.34. The molecule has 3 N–H and O–H groups in total. The second-order valence-electron chi connectivity index (χ2n) is 8.71. The lowest BCUT2D eigenvalue weighted by Gasteiger charge is -2.18. The fraction of sp³-hybridized carbons (Fsp3) is 0.400. The predicted molar refractivity (Wildman–Crippen MR) is 137 cm³/mol. The number of hydrogen-bond donors (Lipinski definition) is 3. The Hall–Kier alpha value is -3.40. The largest absolute Gasteiger partial charge is 0.487 e. The number of amides is 1. The molecule has 196 valence electrons. The zero-order valence-electron chi connectivity index (χ0n) is 21.1. The lowest BCUT2D eigenvalue weighted by atomic mass is 9.95. The second-order valence-corrected chi connectivity index (χ2v) is 9.12. The van der Waals surface area contributed by atoms with Crippen LogP contribution in [0.1, 0.15) is 50.5 Å². The van der Waals surface area contributed by atoms with E-state index in [2.05, 4.69) is 15.6 Å². The molecule has 0 bridgehead atoms. The first-order valence-electron chi connectivity index (χ1n) is 11.3. The van der Waals surface area contributed by atoms with Gasteiger partial charge in [-0.15, -0.1) is 0 Å². The molecular weight excluding hydrogens is 494 g/mol. The molecule has 0 saturated heterocycles. The molecule has 0 aliphatic heterocycles. The fourth-order valence-corrected chi connectivity index (χ4v) is 3.28. The molecule has 0 saturated carbocycles. The summed E-state index contributed by atoms with van der Waals surface area (Å²) in [6, 6.07) is 7.87. The number of carboxylic acid groups (broad SMARTS) is 1. The number of aryl methyl sites for hydroxylation is 1. The Morgan fingerprint density at radius 1 is 1.19 bits per heavy atom. The normalized spacial score (nSPS) is 11.2. The van der Waals surface area contributed by atoms with Gasteiger partial charge in [-0.3, -0.25) is 4.79 Å². The average Bonchev–Trinajstić information content (AvgIpc) is 3.12. The van der Waals surface area contributed by atoms with Gasteiger partial charge in [0.05, 0.1) is 21.7 Å². The Kier molecular flexibility index (Phi) is 9.63. The van der Waals surface area contributed by atoms with Crippen LogP contribution < -0.4 is 15.4 Å². The molecular formula is C25H31ClF2N4O4. The molecule has 1 aromatic heterocycles. The molecule has 36 heavy (non-hydrogen) atoms. The van der Waals surface area contributed by atoms with E-state index in [1.807, 2.05) is 34.6 Å². The van der Waals surface area contributed by atoms with Crippen LogP contribution >= 0.6 is 11.6 Å². The molecule has 0 unspecified atom stereocenters. The van der Waals surface area contributed by atoms with Crippen LogP contribution in [0.5, 0.6) is 5.75 Å². The van der Waals surface area contributed by atoms with Crippen LogP contribution in [0.15, 0.2) is 30.3 Å². The smallest absolute Gasteiger partial charge is 0.339 e. The number of anilines is 2. The van der Waals surface area contributed by atoms with Crippen molar-refractivity contribution in [3.8, 4) is 5.75 Å². The van der Waals surface area contributed by atoms with Crippen molar-refractivity contribution in [2.24, 2.45) is 12.5 Å². The van der Waals surface area contributed by atoms with E-state index in [1.165, 1.54) is 12.1 Å². The molecule has 0 atom stereocenters. The lowest BCUT2D eigenvalue weighted by Crippen LogP contribution is -2.34. The number of ether oxygens (including phenoxy) is 1. The van der Waals surface area contributed by atoms with Crippen LogP contribution in [-0.4, -0.2) is 39.6 Å². The van der Waals surface area contributed by atoms with Gasteiger partial charge in [0.25, 0.3) is 6.43 Å². The Morgan fingerprint density at radius 2 is 1.86 bits per heavy atom. The standard InChI is InChI=1S/C23H25ClF2N4O4.C2H6/c1-23(2,3)21(33)27-10-12-5-6-14(24)15(7-12)28-22-29-16-8-13(20(31)32)18(34-11-19(25)26)9-17(16)30(22)4;1-2/h5-9,19H,10-11H2,1-4H3,(H,27,33)(H,28,29)(H,31,32);1-2H3. The van der Waals surface area contributed by atoms with Gasteiger partial charge in [-0.05, 0) is 23.8 Å². The molecule has 1 amide bonds. The van der Waals surface area contributed by atoms with Gasteiger partial charge in [0.1, 0.15) is 17.9 Å². The number of carbonyl (C=O) groups excluding carboxylic acids is 1. The number of rotatable bonds is 8. The Morgan fingerprint density at radius 3 is 2.44 bits per heavy atom. The van der Waals surface area contributed by atoms with E-state index in [4.69, 9.17) is 16.3 Å². The number of nitrogens with one attached hydrogen (secondary N) is 2. The molecule has 3 aromatic rings. The van der Waals surface area contributed by atoms with Crippen LogP contribution in [0.4, 0.5) is 20.4 Å². The summed E-state index contributed by atoms with van der Waals surface area (Å²) in [4.78, 5) is 28.2. The van der Waals surface area contributed by atoms with Gasteiger partial charge in [0.2, 0.25) is 11.9 Å². The van der Waals surface area contributed by atoms with Gasteiger partial charge in [-0.1, -0.05) is 52.3 Å². The molecule has 0 aliphatic rings. The summed E-state index contributed by atoms with van der Waals surface area (Å²) in [7, 11) is 1.68. The number of fused-ring (bicyclic) bond motifs is 1. The van der Waals surface area contributed by atoms with Gasteiger partial charge in [-0.25, -0.2) is 18.6 Å². The molecule has 11 heteroatoms. The van der Waals surface area contributed by atoms with Gasteiger partial charge >= 0.3 is 5.97 Å². The maximum Gasteiger partial charge on any atom is 0.339 e. The number of benzene rings is 2.